The topological polar surface area (TPSA) is 16.1 Å². The van der Waals surface area contributed by atoms with Gasteiger partial charge in [0.1, 0.15) is 5.82 Å². The van der Waals surface area contributed by atoms with Crippen LogP contribution in [0.5, 0.6) is 0 Å². The van der Waals surface area contributed by atoms with Crippen LogP contribution in [-0.2, 0) is 6.18 Å². The average molecular weight is 262 g/mol. The standard InChI is InChI=1S/C11H15F3N2.C2H6/c1-4-16(8(2)3)10-6-5-9(7-15-10)11(12,13)14;1-2/h5-8H,4H2,1-3H3;1-2H3. The third-order valence-electron chi connectivity index (χ3n) is 2.33. The number of pyridine rings is 1. The zero-order chi connectivity index (χ0) is 14.3. The van der Waals surface area contributed by atoms with Gasteiger partial charge in [-0.05, 0) is 32.9 Å². The first-order chi connectivity index (χ1) is 8.36. The first-order valence-electron chi connectivity index (χ1n) is 6.16. The van der Waals surface area contributed by atoms with Crippen LogP contribution in [-0.4, -0.2) is 17.6 Å². The fraction of sp³-hybridized carbons (Fsp3) is 0.615. The minimum absolute atomic E-state index is 0.217. The number of rotatable bonds is 3. The van der Waals surface area contributed by atoms with E-state index in [1.807, 2.05) is 39.5 Å². The Hall–Kier alpha value is -1.26. The highest BCUT2D eigenvalue weighted by Crippen LogP contribution is 2.29. The number of anilines is 1. The maximum absolute atomic E-state index is 12.3. The van der Waals surface area contributed by atoms with Crippen molar-refractivity contribution in [2.24, 2.45) is 0 Å². The number of halogens is 3. The Kier molecular flexibility index (Phi) is 6.73. The van der Waals surface area contributed by atoms with E-state index in [-0.39, 0.29) is 6.04 Å². The number of hydrogen-bond acceptors (Lipinski definition) is 2. The molecule has 0 aliphatic rings. The van der Waals surface area contributed by atoms with E-state index >= 15 is 0 Å². The SMILES string of the molecule is CC.CCN(c1ccc(C(F)(F)F)cn1)C(C)C. The summed E-state index contributed by atoms with van der Waals surface area (Å²) in [5.74, 6) is 0.575. The van der Waals surface area contributed by atoms with E-state index in [2.05, 4.69) is 4.98 Å². The van der Waals surface area contributed by atoms with Crippen molar-refractivity contribution in [3.63, 3.8) is 0 Å². The summed E-state index contributed by atoms with van der Waals surface area (Å²) in [4.78, 5) is 5.77. The van der Waals surface area contributed by atoms with E-state index in [9.17, 15) is 13.2 Å². The van der Waals surface area contributed by atoms with Gasteiger partial charge in [0, 0.05) is 18.8 Å². The molecule has 0 saturated carbocycles. The van der Waals surface area contributed by atoms with Gasteiger partial charge in [0.05, 0.1) is 5.56 Å². The van der Waals surface area contributed by atoms with Gasteiger partial charge in [-0.2, -0.15) is 13.2 Å². The van der Waals surface area contributed by atoms with Crippen LogP contribution in [0.3, 0.4) is 0 Å². The predicted molar refractivity (Wildman–Crippen MR) is 68.7 cm³/mol. The lowest BCUT2D eigenvalue weighted by molar-refractivity contribution is -0.137. The summed E-state index contributed by atoms with van der Waals surface area (Å²) < 4.78 is 36.9. The van der Waals surface area contributed by atoms with Crippen molar-refractivity contribution in [2.75, 3.05) is 11.4 Å². The lowest BCUT2D eigenvalue weighted by atomic mass is 10.2. The zero-order valence-electron chi connectivity index (χ0n) is 11.5. The maximum atomic E-state index is 12.3. The van der Waals surface area contributed by atoms with Gasteiger partial charge >= 0.3 is 6.18 Å². The molecule has 0 saturated heterocycles. The molecule has 0 spiro atoms. The number of alkyl halides is 3. The van der Waals surface area contributed by atoms with Crippen LogP contribution in [0, 0.1) is 0 Å². The first-order valence-corrected chi connectivity index (χ1v) is 6.16. The van der Waals surface area contributed by atoms with E-state index in [0.717, 1.165) is 18.8 Å². The molecule has 0 N–H and O–H groups in total. The minimum atomic E-state index is -4.32. The molecule has 0 aliphatic heterocycles. The molecule has 18 heavy (non-hydrogen) atoms. The lowest BCUT2D eigenvalue weighted by Gasteiger charge is -2.26. The van der Waals surface area contributed by atoms with Gasteiger partial charge in [-0.25, -0.2) is 4.98 Å². The van der Waals surface area contributed by atoms with Crippen LogP contribution in [0.15, 0.2) is 18.3 Å². The molecular formula is C13H21F3N2. The second kappa shape index (κ2) is 7.24. The van der Waals surface area contributed by atoms with Crippen molar-refractivity contribution in [3.8, 4) is 0 Å². The molecule has 0 aromatic carbocycles. The van der Waals surface area contributed by atoms with Crippen LogP contribution in [0.4, 0.5) is 19.0 Å². The van der Waals surface area contributed by atoms with Gasteiger partial charge < -0.3 is 4.90 Å². The Labute approximate surface area is 107 Å². The smallest absolute Gasteiger partial charge is 0.354 e. The largest absolute Gasteiger partial charge is 0.417 e. The third-order valence-corrected chi connectivity index (χ3v) is 2.33. The fourth-order valence-corrected chi connectivity index (χ4v) is 1.52. The molecule has 0 unspecified atom stereocenters. The van der Waals surface area contributed by atoms with Crippen molar-refractivity contribution in [2.45, 2.75) is 46.8 Å². The van der Waals surface area contributed by atoms with E-state index in [1.54, 1.807) is 0 Å². The first kappa shape index (κ1) is 16.7. The van der Waals surface area contributed by atoms with Crippen molar-refractivity contribution >= 4 is 5.82 Å². The van der Waals surface area contributed by atoms with Crippen LogP contribution < -0.4 is 4.90 Å². The van der Waals surface area contributed by atoms with Crippen molar-refractivity contribution in [1.29, 1.82) is 0 Å². The predicted octanol–water partition coefficient (Wildman–Crippen LogP) is 4.36. The van der Waals surface area contributed by atoms with Crippen molar-refractivity contribution in [3.05, 3.63) is 23.9 Å². The highest BCUT2D eigenvalue weighted by atomic mass is 19.4. The third kappa shape index (κ3) is 4.55. The Morgan fingerprint density at radius 3 is 2.06 bits per heavy atom. The van der Waals surface area contributed by atoms with Gasteiger partial charge in [0.2, 0.25) is 0 Å². The number of nitrogens with zero attached hydrogens (tertiary/aromatic N) is 2. The molecule has 0 aliphatic carbocycles. The molecule has 1 aromatic rings. The molecule has 2 nitrogen and oxygen atoms in total. The Balaban J connectivity index is 0.00000137. The van der Waals surface area contributed by atoms with E-state index < -0.39 is 11.7 Å². The highest BCUT2D eigenvalue weighted by molar-refractivity contribution is 5.40. The molecule has 1 aromatic heterocycles. The number of hydrogen-bond donors (Lipinski definition) is 0. The lowest BCUT2D eigenvalue weighted by Crippen LogP contribution is -2.31. The van der Waals surface area contributed by atoms with E-state index in [0.29, 0.717) is 5.82 Å². The van der Waals surface area contributed by atoms with Gasteiger partial charge in [0.25, 0.3) is 0 Å². The van der Waals surface area contributed by atoms with Crippen LogP contribution in [0.2, 0.25) is 0 Å². The highest BCUT2D eigenvalue weighted by Gasteiger charge is 2.30. The van der Waals surface area contributed by atoms with Crippen LogP contribution in [0.25, 0.3) is 0 Å². The Morgan fingerprint density at radius 2 is 1.78 bits per heavy atom. The quantitative estimate of drug-likeness (QED) is 0.804. The summed E-state index contributed by atoms with van der Waals surface area (Å²) in [6.07, 6.45) is -3.44. The molecule has 0 amide bonds. The molecule has 0 fully saturated rings. The van der Waals surface area contributed by atoms with Crippen molar-refractivity contribution < 1.29 is 13.2 Å². The summed E-state index contributed by atoms with van der Waals surface area (Å²) in [5.41, 5.74) is -0.712. The molecular weight excluding hydrogens is 241 g/mol. The van der Waals surface area contributed by atoms with Gasteiger partial charge in [0.15, 0.2) is 0 Å². The summed E-state index contributed by atoms with van der Waals surface area (Å²) >= 11 is 0. The molecule has 0 atom stereocenters. The van der Waals surface area contributed by atoms with Gasteiger partial charge in [-0.1, -0.05) is 13.8 Å². The molecule has 0 bridgehead atoms. The zero-order valence-corrected chi connectivity index (χ0v) is 11.5. The summed E-state index contributed by atoms with van der Waals surface area (Å²) in [6, 6.07) is 2.69. The van der Waals surface area contributed by atoms with E-state index in [1.165, 1.54) is 6.07 Å². The second-order valence-corrected chi connectivity index (χ2v) is 3.78. The minimum Gasteiger partial charge on any atom is -0.354 e. The normalized spacial score (nSPS) is 10.9. The monoisotopic (exact) mass is 262 g/mol. The summed E-state index contributed by atoms with van der Waals surface area (Å²) in [5, 5.41) is 0. The Bertz CT molecular complexity index is 331. The average Bonchev–Trinajstić information content (AvgIpc) is 2.31. The molecule has 1 rings (SSSR count). The van der Waals surface area contributed by atoms with Gasteiger partial charge in [-0.3, -0.25) is 0 Å². The molecule has 5 heteroatoms. The molecule has 0 radical (unpaired) electrons. The molecule has 1 heterocycles. The van der Waals surface area contributed by atoms with E-state index in [4.69, 9.17) is 0 Å². The second-order valence-electron chi connectivity index (χ2n) is 3.78. The molecule has 104 valence electrons. The number of aromatic nitrogens is 1. The fourth-order valence-electron chi connectivity index (χ4n) is 1.52. The Morgan fingerprint density at radius 1 is 1.22 bits per heavy atom. The van der Waals surface area contributed by atoms with Crippen LogP contribution in [0.1, 0.15) is 40.2 Å². The summed E-state index contributed by atoms with van der Waals surface area (Å²) in [6.45, 7) is 10.6. The van der Waals surface area contributed by atoms with Crippen LogP contribution >= 0.6 is 0 Å². The van der Waals surface area contributed by atoms with Crippen molar-refractivity contribution in [1.82, 2.24) is 4.98 Å². The summed E-state index contributed by atoms with van der Waals surface area (Å²) in [7, 11) is 0. The van der Waals surface area contributed by atoms with Gasteiger partial charge in [-0.15, -0.1) is 0 Å². The maximum Gasteiger partial charge on any atom is 0.417 e.